The number of alkyl halides is 3. The Morgan fingerprint density at radius 2 is 2.05 bits per heavy atom. The normalized spacial score (nSPS) is 11.7. The SMILES string of the molecule is O=C(Cc1ccc(F)cc1Cl)c1cnc(C(F)(F)F)s1. The van der Waals surface area contributed by atoms with Crippen LogP contribution in [-0.2, 0) is 12.6 Å². The van der Waals surface area contributed by atoms with Gasteiger partial charge in [-0.25, -0.2) is 9.37 Å². The smallest absolute Gasteiger partial charge is 0.293 e. The molecule has 0 saturated heterocycles. The van der Waals surface area contributed by atoms with Gasteiger partial charge < -0.3 is 0 Å². The Morgan fingerprint density at radius 3 is 2.60 bits per heavy atom. The van der Waals surface area contributed by atoms with Crippen molar-refractivity contribution in [2.75, 3.05) is 0 Å². The Morgan fingerprint density at radius 1 is 1.35 bits per heavy atom. The Kier molecular flexibility index (Phi) is 4.10. The molecule has 2 nitrogen and oxygen atoms in total. The van der Waals surface area contributed by atoms with E-state index in [1.165, 1.54) is 6.07 Å². The number of benzene rings is 1. The highest BCUT2D eigenvalue weighted by atomic mass is 35.5. The number of aromatic nitrogens is 1. The number of carbonyl (C=O) groups excluding carboxylic acids is 1. The lowest BCUT2D eigenvalue weighted by molar-refractivity contribution is -0.137. The first-order valence-corrected chi connectivity index (χ1v) is 6.47. The minimum Gasteiger partial charge on any atom is -0.293 e. The second-order valence-electron chi connectivity index (χ2n) is 3.86. The summed E-state index contributed by atoms with van der Waals surface area (Å²) in [6, 6.07) is 3.49. The first-order chi connectivity index (χ1) is 9.27. The van der Waals surface area contributed by atoms with Gasteiger partial charge in [-0.1, -0.05) is 17.7 Å². The molecule has 1 aromatic heterocycles. The van der Waals surface area contributed by atoms with E-state index in [1.54, 1.807) is 0 Å². The molecule has 0 fully saturated rings. The van der Waals surface area contributed by atoms with E-state index in [4.69, 9.17) is 11.6 Å². The number of hydrogen-bond donors (Lipinski definition) is 0. The van der Waals surface area contributed by atoms with Crippen LogP contribution < -0.4 is 0 Å². The van der Waals surface area contributed by atoms with Crippen molar-refractivity contribution in [3.05, 3.63) is 50.7 Å². The lowest BCUT2D eigenvalue weighted by atomic mass is 10.1. The summed E-state index contributed by atoms with van der Waals surface area (Å²) in [4.78, 5) is 14.9. The van der Waals surface area contributed by atoms with Crippen LogP contribution in [0.3, 0.4) is 0 Å². The Hall–Kier alpha value is -1.47. The summed E-state index contributed by atoms with van der Waals surface area (Å²) in [5.41, 5.74) is 0.347. The van der Waals surface area contributed by atoms with Gasteiger partial charge in [0.25, 0.3) is 0 Å². The third-order valence-corrected chi connectivity index (χ3v) is 3.82. The zero-order valence-electron chi connectivity index (χ0n) is 9.67. The highest BCUT2D eigenvalue weighted by Crippen LogP contribution is 2.33. The minimum absolute atomic E-state index is 0.0545. The van der Waals surface area contributed by atoms with E-state index >= 15 is 0 Å². The molecule has 0 atom stereocenters. The molecule has 2 rings (SSSR count). The molecular formula is C12H6ClF4NOS. The lowest BCUT2D eigenvalue weighted by Gasteiger charge is -2.02. The van der Waals surface area contributed by atoms with Gasteiger partial charge in [0, 0.05) is 17.6 Å². The monoisotopic (exact) mass is 323 g/mol. The van der Waals surface area contributed by atoms with Crippen LogP contribution in [0.4, 0.5) is 17.6 Å². The number of nitrogens with zero attached hydrogens (tertiary/aromatic N) is 1. The fourth-order valence-electron chi connectivity index (χ4n) is 1.46. The molecule has 0 amide bonds. The summed E-state index contributed by atoms with van der Waals surface area (Å²) >= 11 is 6.03. The second-order valence-corrected chi connectivity index (χ2v) is 5.30. The maximum atomic E-state index is 12.8. The molecule has 0 saturated carbocycles. The number of rotatable bonds is 3. The Labute approximate surface area is 120 Å². The summed E-state index contributed by atoms with van der Waals surface area (Å²) in [6.45, 7) is 0. The number of carbonyl (C=O) groups is 1. The van der Waals surface area contributed by atoms with Crippen LogP contribution in [-0.4, -0.2) is 10.8 Å². The average molecular weight is 324 g/mol. The predicted molar refractivity (Wildman–Crippen MR) is 66.6 cm³/mol. The largest absolute Gasteiger partial charge is 0.443 e. The number of hydrogen-bond acceptors (Lipinski definition) is 3. The van der Waals surface area contributed by atoms with Crippen molar-refractivity contribution in [3.63, 3.8) is 0 Å². The van der Waals surface area contributed by atoms with Crippen LogP contribution in [0, 0.1) is 5.82 Å². The van der Waals surface area contributed by atoms with Crippen molar-refractivity contribution < 1.29 is 22.4 Å². The maximum Gasteiger partial charge on any atom is 0.443 e. The van der Waals surface area contributed by atoms with E-state index in [9.17, 15) is 22.4 Å². The standard InChI is InChI=1S/C12H6ClF4NOS/c13-8-4-7(14)2-1-6(8)3-9(19)10-5-18-11(20-10)12(15,16)17/h1-2,4-5H,3H2. The van der Waals surface area contributed by atoms with E-state index in [2.05, 4.69) is 4.98 Å². The van der Waals surface area contributed by atoms with Crippen LogP contribution in [0.1, 0.15) is 20.2 Å². The van der Waals surface area contributed by atoms with Gasteiger partial charge in [0.15, 0.2) is 10.8 Å². The highest BCUT2D eigenvalue weighted by Gasteiger charge is 2.35. The summed E-state index contributed by atoms with van der Waals surface area (Å²) in [6.07, 6.45) is -3.90. The van der Waals surface area contributed by atoms with E-state index in [-0.39, 0.29) is 27.7 Å². The van der Waals surface area contributed by atoms with E-state index < -0.39 is 22.8 Å². The molecule has 1 aromatic carbocycles. The first kappa shape index (κ1) is 14.9. The molecule has 1 heterocycles. The number of Topliss-reactive ketones (excluding diaryl/α,β-unsaturated/α-hetero) is 1. The second kappa shape index (κ2) is 5.49. The lowest BCUT2D eigenvalue weighted by Crippen LogP contribution is -2.03. The predicted octanol–water partition coefficient (Wildman–Crippen LogP) is 4.38. The molecule has 0 aliphatic heterocycles. The molecule has 20 heavy (non-hydrogen) atoms. The zero-order valence-corrected chi connectivity index (χ0v) is 11.2. The van der Waals surface area contributed by atoms with Gasteiger partial charge in [0.05, 0.1) is 4.88 Å². The van der Waals surface area contributed by atoms with Gasteiger partial charge in [-0.05, 0) is 17.7 Å². The van der Waals surface area contributed by atoms with Crippen LogP contribution in [0.25, 0.3) is 0 Å². The van der Waals surface area contributed by atoms with E-state index in [1.807, 2.05) is 0 Å². The van der Waals surface area contributed by atoms with Crippen LogP contribution in [0.5, 0.6) is 0 Å². The first-order valence-electron chi connectivity index (χ1n) is 5.27. The number of thiazole rings is 1. The molecule has 0 aliphatic carbocycles. The number of ketones is 1. The Balaban J connectivity index is 2.18. The summed E-state index contributed by atoms with van der Waals surface area (Å²) in [7, 11) is 0. The summed E-state index contributed by atoms with van der Waals surface area (Å²) in [5, 5.41) is -1.02. The fourth-order valence-corrected chi connectivity index (χ4v) is 2.41. The van der Waals surface area contributed by atoms with Crippen molar-refractivity contribution in [2.24, 2.45) is 0 Å². The van der Waals surface area contributed by atoms with E-state index in [0.29, 0.717) is 5.56 Å². The molecular weight excluding hydrogens is 318 g/mol. The third-order valence-electron chi connectivity index (χ3n) is 2.39. The van der Waals surface area contributed by atoms with Crippen LogP contribution >= 0.6 is 22.9 Å². The van der Waals surface area contributed by atoms with Gasteiger partial charge in [0.1, 0.15) is 5.82 Å². The van der Waals surface area contributed by atoms with Gasteiger partial charge in [-0.15, -0.1) is 11.3 Å². The van der Waals surface area contributed by atoms with Gasteiger partial charge >= 0.3 is 6.18 Å². The Bertz CT molecular complexity index is 653. The zero-order chi connectivity index (χ0) is 14.9. The molecule has 0 spiro atoms. The van der Waals surface area contributed by atoms with Crippen molar-refractivity contribution >= 4 is 28.7 Å². The molecule has 2 aromatic rings. The maximum absolute atomic E-state index is 12.8. The molecule has 0 unspecified atom stereocenters. The fraction of sp³-hybridized carbons (Fsp3) is 0.167. The van der Waals surface area contributed by atoms with Gasteiger partial charge in [-0.3, -0.25) is 4.79 Å². The van der Waals surface area contributed by atoms with Gasteiger partial charge in [0.2, 0.25) is 0 Å². The molecule has 0 aliphatic rings. The summed E-state index contributed by atoms with van der Waals surface area (Å²) < 4.78 is 50.0. The highest BCUT2D eigenvalue weighted by molar-refractivity contribution is 7.13. The van der Waals surface area contributed by atoms with Crippen LogP contribution in [0.2, 0.25) is 5.02 Å². The average Bonchev–Trinajstić information content (AvgIpc) is 2.82. The third kappa shape index (κ3) is 3.34. The van der Waals surface area contributed by atoms with Crippen molar-refractivity contribution in [1.82, 2.24) is 4.98 Å². The van der Waals surface area contributed by atoms with Crippen molar-refractivity contribution in [1.29, 1.82) is 0 Å². The topological polar surface area (TPSA) is 30.0 Å². The molecule has 106 valence electrons. The molecule has 8 heteroatoms. The van der Waals surface area contributed by atoms with Crippen molar-refractivity contribution in [3.8, 4) is 0 Å². The molecule has 0 radical (unpaired) electrons. The van der Waals surface area contributed by atoms with E-state index in [0.717, 1.165) is 18.3 Å². The molecule has 0 bridgehead atoms. The summed E-state index contributed by atoms with van der Waals surface area (Å²) in [5.74, 6) is -1.10. The van der Waals surface area contributed by atoms with Gasteiger partial charge in [-0.2, -0.15) is 13.2 Å². The van der Waals surface area contributed by atoms with Crippen molar-refractivity contribution in [2.45, 2.75) is 12.6 Å². The number of halogens is 5. The minimum atomic E-state index is -4.57. The quantitative estimate of drug-likeness (QED) is 0.620. The van der Waals surface area contributed by atoms with Crippen LogP contribution in [0.15, 0.2) is 24.4 Å². The molecule has 0 N–H and O–H groups in total.